The molecule has 0 aromatic carbocycles. The maximum Gasteiger partial charge on any atom is 0.490 e. The number of esters is 1. The number of H-pyrrole nitrogens is 1. The van der Waals surface area contributed by atoms with Gasteiger partial charge < -0.3 is 19.5 Å². The fourth-order valence-electron chi connectivity index (χ4n) is 2.24. The molecule has 10 heteroatoms. The molecule has 0 bridgehead atoms. The molecular formula is C14H22BN3O5Si. The van der Waals surface area contributed by atoms with Gasteiger partial charge in [-0.25, -0.2) is 9.78 Å². The Kier molecular flexibility index (Phi) is 5.75. The Morgan fingerprint density at radius 2 is 2.08 bits per heavy atom. The van der Waals surface area contributed by atoms with E-state index < -0.39 is 21.2 Å². The zero-order valence-electron chi connectivity index (χ0n) is 14.3. The number of aromatic amines is 1. The number of rotatable bonds is 7. The van der Waals surface area contributed by atoms with Crippen LogP contribution in [0.25, 0.3) is 11.0 Å². The first-order valence-corrected chi connectivity index (χ1v) is 11.3. The third-order valence-corrected chi connectivity index (χ3v) is 5.33. The molecule has 2 aromatic heterocycles. The first-order chi connectivity index (χ1) is 11.2. The van der Waals surface area contributed by atoms with Crippen molar-refractivity contribution < 1.29 is 24.3 Å². The van der Waals surface area contributed by atoms with Crippen molar-refractivity contribution in [3.63, 3.8) is 0 Å². The van der Waals surface area contributed by atoms with Gasteiger partial charge in [0.25, 0.3) is 0 Å². The fraction of sp³-hybridized carbons (Fsp3) is 0.500. The van der Waals surface area contributed by atoms with Crippen LogP contribution in [-0.2, 0) is 16.1 Å². The second kappa shape index (κ2) is 7.43. The number of pyridine rings is 1. The molecule has 0 saturated heterocycles. The van der Waals surface area contributed by atoms with Crippen LogP contribution in [0.15, 0.2) is 6.20 Å². The van der Waals surface area contributed by atoms with E-state index in [1.54, 1.807) is 0 Å². The van der Waals surface area contributed by atoms with Gasteiger partial charge in [0.15, 0.2) is 11.3 Å². The van der Waals surface area contributed by atoms with Gasteiger partial charge in [-0.05, 0) is 11.6 Å². The Morgan fingerprint density at radius 1 is 1.38 bits per heavy atom. The zero-order valence-corrected chi connectivity index (χ0v) is 15.3. The van der Waals surface area contributed by atoms with E-state index in [0.717, 1.165) is 6.04 Å². The topological polar surface area (TPSA) is 118 Å². The summed E-state index contributed by atoms with van der Waals surface area (Å²) in [7, 11) is -1.70. The maximum absolute atomic E-state index is 11.9. The highest BCUT2D eigenvalue weighted by molar-refractivity contribution is 6.76. The Labute approximate surface area is 141 Å². The first kappa shape index (κ1) is 18.6. The SMILES string of the molecule is COC(=O)c1n[nH]c2ncc(B(O)O)c(COCC[Si](C)(C)C)c12. The van der Waals surface area contributed by atoms with E-state index in [4.69, 9.17) is 9.47 Å². The van der Waals surface area contributed by atoms with Crippen LogP contribution in [0.3, 0.4) is 0 Å². The van der Waals surface area contributed by atoms with E-state index in [2.05, 4.69) is 34.8 Å². The van der Waals surface area contributed by atoms with E-state index in [1.165, 1.54) is 13.3 Å². The van der Waals surface area contributed by atoms with Crippen molar-refractivity contribution in [1.29, 1.82) is 0 Å². The highest BCUT2D eigenvalue weighted by Gasteiger charge is 2.25. The van der Waals surface area contributed by atoms with Gasteiger partial charge in [-0.1, -0.05) is 19.6 Å². The maximum atomic E-state index is 11.9. The Bertz CT molecular complexity index is 729. The molecule has 0 aliphatic heterocycles. The lowest BCUT2D eigenvalue weighted by atomic mass is 9.77. The van der Waals surface area contributed by atoms with Crippen molar-refractivity contribution >= 4 is 37.7 Å². The minimum atomic E-state index is -1.72. The normalized spacial score (nSPS) is 11.8. The Hall–Kier alpha value is -1.75. The van der Waals surface area contributed by atoms with Gasteiger partial charge in [-0.2, -0.15) is 5.10 Å². The van der Waals surface area contributed by atoms with Crippen LogP contribution in [-0.4, -0.2) is 60.1 Å². The first-order valence-electron chi connectivity index (χ1n) is 7.62. The molecule has 0 amide bonds. The highest BCUT2D eigenvalue weighted by atomic mass is 28.3. The lowest BCUT2D eigenvalue weighted by Crippen LogP contribution is -2.34. The van der Waals surface area contributed by atoms with Gasteiger partial charge in [0, 0.05) is 26.3 Å². The molecule has 0 fully saturated rings. The number of methoxy groups -OCH3 is 1. The largest absolute Gasteiger partial charge is 0.490 e. The second-order valence-corrected chi connectivity index (χ2v) is 12.3. The number of nitrogens with one attached hydrogen (secondary N) is 1. The molecule has 3 N–H and O–H groups in total. The molecule has 2 heterocycles. The predicted molar refractivity (Wildman–Crippen MR) is 92.9 cm³/mol. The van der Waals surface area contributed by atoms with Gasteiger partial charge in [-0.3, -0.25) is 5.10 Å². The molecular weight excluding hydrogens is 329 g/mol. The average Bonchev–Trinajstić information content (AvgIpc) is 2.93. The highest BCUT2D eigenvalue weighted by Crippen LogP contribution is 2.20. The molecule has 0 spiro atoms. The van der Waals surface area contributed by atoms with Crippen LogP contribution >= 0.6 is 0 Å². The third kappa shape index (κ3) is 4.20. The molecule has 0 atom stereocenters. The summed E-state index contributed by atoms with van der Waals surface area (Å²) in [5, 5.41) is 26.1. The minimum Gasteiger partial charge on any atom is -0.464 e. The summed E-state index contributed by atoms with van der Waals surface area (Å²) in [6, 6.07) is 0.980. The summed E-state index contributed by atoms with van der Waals surface area (Å²) < 4.78 is 10.4. The summed E-state index contributed by atoms with van der Waals surface area (Å²) in [6.45, 7) is 7.42. The van der Waals surface area contributed by atoms with Crippen molar-refractivity contribution in [3.8, 4) is 0 Å². The van der Waals surface area contributed by atoms with E-state index in [1.807, 2.05) is 0 Å². The predicted octanol–water partition coefficient (Wildman–Crippen LogP) is 0.279. The molecule has 8 nitrogen and oxygen atoms in total. The van der Waals surface area contributed by atoms with Crippen molar-refractivity contribution in [1.82, 2.24) is 15.2 Å². The summed E-state index contributed by atoms with van der Waals surface area (Å²) >= 11 is 0. The fourth-order valence-corrected chi connectivity index (χ4v) is 3.00. The monoisotopic (exact) mass is 351 g/mol. The standard InChI is InChI=1S/C14H22BN3O5Si/c1-22-14(19)12-11-9(8-23-5-6-24(2,3)4)10(15(20)21)7-16-13(11)18-17-12/h7,20-21H,5-6,8H2,1-4H3,(H,16,17,18). The number of hydrogen-bond acceptors (Lipinski definition) is 7. The quantitative estimate of drug-likeness (QED) is 0.372. The van der Waals surface area contributed by atoms with Crippen LogP contribution in [0.5, 0.6) is 0 Å². The summed E-state index contributed by atoms with van der Waals surface area (Å²) in [4.78, 5) is 16.0. The lowest BCUT2D eigenvalue weighted by Gasteiger charge is -2.16. The molecule has 0 aliphatic rings. The van der Waals surface area contributed by atoms with Crippen molar-refractivity contribution in [2.75, 3.05) is 13.7 Å². The van der Waals surface area contributed by atoms with Gasteiger partial charge in [0.1, 0.15) is 0 Å². The summed E-state index contributed by atoms with van der Waals surface area (Å²) in [5.41, 5.74) is 1.07. The average molecular weight is 351 g/mol. The second-order valence-electron chi connectivity index (χ2n) is 6.72. The van der Waals surface area contributed by atoms with Crippen LogP contribution in [0, 0.1) is 0 Å². The van der Waals surface area contributed by atoms with Gasteiger partial charge in [0.2, 0.25) is 0 Å². The van der Waals surface area contributed by atoms with Crippen LogP contribution in [0.2, 0.25) is 25.7 Å². The molecule has 0 unspecified atom stereocenters. The van der Waals surface area contributed by atoms with E-state index in [9.17, 15) is 14.8 Å². The Morgan fingerprint density at radius 3 is 2.67 bits per heavy atom. The Balaban J connectivity index is 2.38. The molecule has 24 heavy (non-hydrogen) atoms. The van der Waals surface area contributed by atoms with Crippen LogP contribution < -0.4 is 5.46 Å². The minimum absolute atomic E-state index is 0.0475. The van der Waals surface area contributed by atoms with Crippen molar-refractivity contribution in [2.24, 2.45) is 0 Å². The zero-order chi connectivity index (χ0) is 17.9. The number of fused-ring (bicyclic) bond motifs is 1. The number of carbonyl (C=O) groups excluding carboxylic acids is 1. The van der Waals surface area contributed by atoms with Crippen molar-refractivity contribution in [2.45, 2.75) is 32.3 Å². The van der Waals surface area contributed by atoms with E-state index in [-0.39, 0.29) is 17.8 Å². The molecule has 0 saturated carbocycles. The lowest BCUT2D eigenvalue weighted by molar-refractivity contribution is 0.0596. The summed E-state index contributed by atoms with van der Waals surface area (Å²) in [5.74, 6) is -0.629. The number of aromatic nitrogens is 3. The van der Waals surface area contributed by atoms with Gasteiger partial charge in [-0.15, -0.1) is 0 Å². The third-order valence-electron chi connectivity index (χ3n) is 3.63. The van der Waals surface area contributed by atoms with E-state index >= 15 is 0 Å². The number of hydrogen-bond donors (Lipinski definition) is 3. The number of carbonyl (C=O) groups is 1. The molecule has 2 rings (SSSR count). The van der Waals surface area contributed by atoms with Gasteiger partial charge >= 0.3 is 13.1 Å². The number of ether oxygens (including phenoxy) is 2. The van der Waals surface area contributed by atoms with Gasteiger partial charge in [0.05, 0.1) is 19.1 Å². The molecule has 0 aliphatic carbocycles. The van der Waals surface area contributed by atoms with E-state index in [0.29, 0.717) is 23.2 Å². The number of nitrogens with zero attached hydrogens (tertiary/aromatic N) is 2. The molecule has 130 valence electrons. The van der Waals surface area contributed by atoms with Crippen LogP contribution in [0.1, 0.15) is 16.1 Å². The van der Waals surface area contributed by atoms with Crippen molar-refractivity contribution in [3.05, 3.63) is 17.5 Å². The molecule has 2 aromatic rings. The molecule has 0 radical (unpaired) electrons. The van der Waals surface area contributed by atoms with Crippen LogP contribution in [0.4, 0.5) is 0 Å². The smallest absolute Gasteiger partial charge is 0.464 e. The summed E-state index contributed by atoms with van der Waals surface area (Å²) in [6.07, 6.45) is 1.34.